The van der Waals surface area contributed by atoms with E-state index in [1.165, 1.54) is 0 Å². The summed E-state index contributed by atoms with van der Waals surface area (Å²) < 4.78 is 5.36. The molecule has 0 aliphatic rings. The third-order valence-corrected chi connectivity index (χ3v) is 3.10. The van der Waals surface area contributed by atoms with Gasteiger partial charge in [0.1, 0.15) is 0 Å². The van der Waals surface area contributed by atoms with E-state index in [9.17, 15) is 5.11 Å². The Bertz CT molecular complexity index is 630. The minimum absolute atomic E-state index is 0.174. The molecule has 0 aromatic heterocycles. The first kappa shape index (κ1) is 14.7. The Morgan fingerprint density at radius 3 is 2.62 bits per heavy atom. The third kappa shape index (κ3) is 3.90. The van der Waals surface area contributed by atoms with Gasteiger partial charge in [-0.25, -0.2) is 0 Å². The van der Waals surface area contributed by atoms with E-state index >= 15 is 0 Å². The molecule has 2 N–H and O–H groups in total. The highest BCUT2D eigenvalue weighted by molar-refractivity contribution is 5.49. The van der Waals surface area contributed by atoms with Crippen LogP contribution in [0.4, 0.5) is 5.69 Å². The number of ether oxygens (including phenoxy) is 1. The molecule has 0 saturated carbocycles. The lowest BCUT2D eigenvalue weighted by molar-refractivity contribution is 0.317. The summed E-state index contributed by atoms with van der Waals surface area (Å²) in [7, 11) is 0. The maximum absolute atomic E-state index is 10.1. The fourth-order valence-corrected chi connectivity index (χ4v) is 2.01. The highest BCUT2D eigenvalue weighted by atomic mass is 16.5. The van der Waals surface area contributed by atoms with E-state index in [-0.39, 0.29) is 5.75 Å². The molecule has 0 atom stereocenters. The van der Waals surface area contributed by atoms with Crippen molar-refractivity contribution < 1.29 is 9.84 Å². The minimum Gasteiger partial charge on any atom is -0.504 e. The van der Waals surface area contributed by atoms with Crippen molar-refractivity contribution in [2.75, 3.05) is 11.9 Å². The van der Waals surface area contributed by atoms with E-state index in [0.29, 0.717) is 25.3 Å². The Hall–Kier alpha value is -2.67. The molecule has 4 heteroatoms. The number of rotatable bonds is 6. The second-order valence-corrected chi connectivity index (χ2v) is 4.58. The first-order chi connectivity index (χ1) is 10.2. The molecular weight excluding hydrogens is 264 g/mol. The molecule has 0 saturated heterocycles. The maximum atomic E-state index is 10.1. The lowest BCUT2D eigenvalue weighted by Gasteiger charge is -2.11. The summed E-state index contributed by atoms with van der Waals surface area (Å²) in [5, 5.41) is 22.0. The molecule has 0 radical (unpaired) electrons. The van der Waals surface area contributed by atoms with Crippen molar-refractivity contribution in [3.63, 3.8) is 0 Å². The number of hydrogen-bond acceptors (Lipinski definition) is 4. The molecule has 0 aliphatic carbocycles. The number of benzene rings is 2. The van der Waals surface area contributed by atoms with Gasteiger partial charge in [0.2, 0.25) is 0 Å². The molecule has 0 unspecified atom stereocenters. The topological polar surface area (TPSA) is 65.3 Å². The maximum Gasteiger partial charge on any atom is 0.162 e. The molecule has 2 aromatic rings. The Labute approximate surface area is 124 Å². The second kappa shape index (κ2) is 7.20. The van der Waals surface area contributed by atoms with Crippen molar-refractivity contribution in [2.45, 2.75) is 19.9 Å². The highest BCUT2D eigenvalue weighted by Crippen LogP contribution is 2.30. The lowest BCUT2D eigenvalue weighted by atomic mass is 10.1. The molecule has 0 bridgehead atoms. The highest BCUT2D eigenvalue weighted by Gasteiger charge is 2.07. The number of phenols is 1. The van der Waals surface area contributed by atoms with Gasteiger partial charge >= 0.3 is 0 Å². The molecule has 2 aromatic carbocycles. The molecule has 21 heavy (non-hydrogen) atoms. The lowest BCUT2D eigenvalue weighted by Crippen LogP contribution is -2.01. The SMILES string of the molecule is CCOc1cccc(CNc2ccc(CC#N)cc2)c1O. The van der Waals surface area contributed by atoms with Crippen LogP contribution < -0.4 is 10.1 Å². The second-order valence-electron chi connectivity index (χ2n) is 4.58. The van der Waals surface area contributed by atoms with Gasteiger partial charge in [0.25, 0.3) is 0 Å². The number of anilines is 1. The predicted molar refractivity (Wildman–Crippen MR) is 82.4 cm³/mol. The van der Waals surface area contributed by atoms with E-state index in [0.717, 1.165) is 16.8 Å². The van der Waals surface area contributed by atoms with Gasteiger partial charge in [0.05, 0.1) is 19.1 Å². The number of nitriles is 1. The summed E-state index contributed by atoms with van der Waals surface area (Å²) in [5.74, 6) is 0.675. The molecule has 0 fully saturated rings. The van der Waals surface area contributed by atoms with Crippen LogP contribution in [0.25, 0.3) is 0 Å². The first-order valence-corrected chi connectivity index (χ1v) is 6.88. The number of phenolic OH excluding ortho intramolecular Hbond substituents is 1. The van der Waals surface area contributed by atoms with Gasteiger partial charge in [-0.15, -0.1) is 0 Å². The van der Waals surface area contributed by atoms with Crippen LogP contribution >= 0.6 is 0 Å². The van der Waals surface area contributed by atoms with Crippen LogP contribution in [-0.2, 0) is 13.0 Å². The predicted octanol–water partition coefficient (Wildman–Crippen LogP) is 3.47. The zero-order valence-electron chi connectivity index (χ0n) is 12.0. The van der Waals surface area contributed by atoms with Gasteiger partial charge in [-0.3, -0.25) is 0 Å². The Morgan fingerprint density at radius 2 is 1.95 bits per heavy atom. The molecule has 0 spiro atoms. The van der Waals surface area contributed by atoms with Gasteiger partial charge in [0, 0.05) is 17.8 Å². The van der Waals surface area contributed by atoms with Gasteiger partial charge in [0.15, 0.2) is 11.5 Å². The number of hydrogen-bond donors (Lipinski definition) is 2. The van der Waals surface area contributed by atoms with E-state index < -0.39 is 0 Å². The number of para-hydroxylation sites is 1. The average Bonchev–Trinajstić information content (AvgIpc) is 2.50. The Balaban J connectivity index is 2.03. The van der Waals surface area contributed by atoms with Crippen molar-refractivity contribution in [1.29, 1.82) is 5.26 Å². The van der Waals surface area contributed by atoms with Crippen LogP contribution in [0.5, 0.6) is 11.5 Å². The quantitative estimate of drug-likeness (QED) is 0.851. The van der Waals surface area contributed by atoms with Gasteiger partial charge < -0.3 is 15.2 Å². The molecular formula is C17H18N2O2. The molecule has 0 heterocycles. The average molecular weight is 282 g/mol. The molecule has 0 aliphatic heterocycles. The molecule has 0 amide bonds. The molecule has 108 valence electrons. The fraction of sp³-hybridized carbons (Fsp3) is 0.235. The first-order valence-electron chi connectivity index (χ1n) is 6.88. The Morgan fingerprint density at radius 1 is 1.19 bits per heavy atom. The van der Waals surface area contributed by atoms with Crippen LogP contribution in [0.15, 0.2) is 42.5 Å². The van der Waals surface area contributed by atoms with Crippen molar-refractivity contribution in [2.24, 2.45) is 0 Å². The number of nitrogens with zero attached hydrogens (tertiary/aromatic N) is 1. The normalized spacial score (nSPS) is 9.90. The Kier molecular flexibility index (Phi) is 5.05. The van der Waals surface area contributed by atoms with Crippen LogP contribution in [0.2, 0.25) is 0 Å². The van der Waals surface area contributed by atoms with E-state index in [2.05, 4.69) is 11.4 Å². The molecule has 4 nitrogen and oxygen atoms in total. The summed E-state index contributed by atoms with van der Waals surface area (Å²) >= 11 is 0. The number of nitrogens with one attached hydrogen (secondary N) is 1. The van der Waals surface area contributed by atoms with Crippen molar-refractivity contribution in [3.8, 4) is 17.6 Å². The zero-order chi connectivity index (χ0) is 15.1. The third-order valence-electron chi connectivity index (χ3n) is 3.10. The fourth-order valence-electron chi connectivity index (χ4n) is 2.01. The summed E-state index contributed by atoms with van der Waals surface area (Å²) in [6, 6.07) is 15.3. The van der Waals surface area contributed by atoms with Crippen LogP contribution in [0.1, 0.15) is 18.1 Å². The standard InChI is InChI=1S/C17H18N2O2/c1-2-21-16-5-3-4-14(17(16)20)12-19-15-8-6-13(7-9-15)10-11-18/h3-9,19-20H,2,10,12H2,1H3. The summed E-state index contributed by atoms with van der Waals surface area (Å²) in [6.45, 7) is 2.91. The van der Waals surface area contributed by atoms with Crippen molar-refractivity contribution in [3.05, 3.63) is 53.6 Å². The van der Waals surface area contributed by atoms with Crippen LogP contribution in [-0.4, -0.2) is 11.7 Å². The number of aromatic hydroxyl groups is 1. The van der Waals surface area contributed by atoms with Crippen LogP contribution in [0.3, 0.4) is 0 Å². The van der Waals surface area contributed by atoms with Gasteiger partial charge in [-0.1, -0.05) is 24.3 Å². The minimum atomic E-state index is 0.174. The largest absolute Gasteiger partial charge is 0.504 e. The van der Waals surface area contributed by atoms with Crippen molar-refractivity contribution in [1.82, 2.24) is 0 Å². The van der Waals surface area contributed by atoms with Gasteiger partial charge in [-0.05, 0) is 30.7 Å². The van der Waals surface area contributed by atoms with Crippen molar-refractivity contribution >= 4 is 5.69 Å². The summed E-state index contributed by atoms with van der Waals surface area (Å²) in [6.07, 6.45) is 0.414. The summed E-state index contributed by atoms with van der Waals surface area (Å²) in [5.41, 5.74) is 2.71. The monoisotopic (exact) mass is 282 g/mol. The van der Waals surface area contributed by atoms with E-state index in [1.807, 2.05) is 43.3 Å². The van der Waals surface area contributed by atoms with E-state index in [4.69, 9.17) is 10.00 Å². The van der Waals surface area contributed by atoms with Crippen LogP contribution in [0, 0.1) is 11.3 Å². The smallest absolute Gasteiger partial charge is 0.162 e. The van der Waals surface area contributed by atoms with E-state index in [1.54, 1.807) is 6.07 Å². The summed E-state index contributed by atoms with van der Waals surface area (Å²) in [4.78, 5) is 0. The molecule has 2 rings (SSSR count). The van der Waals surface area contributed by atoms with Gasteiger partial charge in [-0.2, -0.15) is 5.26 Å². The zero-order valence-corrected chi connectivity index (χ0v) is 12.0.